The van der Waals surface area contributed by atoms with Crippen LogP contribution in [-0.4, -0.2) is 38.0 Å². The van der Waals surface area contributed by atoms with Crippen molar-refractivity contribution in [2.24, 2.45) is 7.05 Å². The molecule has 1 aliphatic rings. The Kier molecular flexibility index (Phi) is 6.58. The lowest BCUT2D eigenvalue weighted by molar-refractivity contribution is 0.0941. The summed E-state index contributed by atoms with van der Waals surface area (Å²) in [7, 11) is 1.44. The number of carbonyl (C=O) groups is 2. The van der Waals surface area contributed by atoms with Gasteiger partial charge in [0.1, 0.15) is 11.6 Å². The molecule has 1 fully saturated rings. The summed E-state index contributed by atoms with van der Waals surface area (Å²) in [5.41, 5.74) is 0.0622. The number of para-hydroxylation sites is 1. The van der Waals surface area contributed by atoms with Gasteiger partial charge in [0.15, 0.2) is 5.69 Å². The first-order valence-electron chi connectivity index (χ1n) is 10.8. The summed E-state index contributed by atoms with van der Waals surface area (Å²) < 4.78 is 14.2. The van der Waals surface area contributed by atoms with E-state index in [0.717, 1.165) is 4.57 Å². The summed E-state index contributed by atoms with van der Waals surface area (Å²) in [6.45, 7) is 0.506. The first kappa shape index (κ1) is 23.0. The summed E-state index contributed by atoms with van der Waals surface area (Å²) in [6, 6.07) is 13.6. The number of carbonyl (C=O) groups excluding carboxylic acids is 2. The molecule has 4 rings (SSSR count). The van der Waals surface area contributed by atoms with Gasteiger partial charge in [-0.15, -0.1) is 0 Å². The van der Waals surface area contributed by atoms with Gasteiger partial charge in [-0.3, -0.25) is 14.2 Å². The number of benzene rings is 2. The second kappa shape index (κ2) is 9.74. The van der Waals surface area contributed by atoms with Crippen LogP contribution in [-0.2, 0) is 13.6 Å². The number of likely N-dealkylation sites (tertiary alicyclic amines) is 1. The molecule has 2 aromatic carbocycles. The number of aromatic hydroxyl groups is 1. The molecule has 9 nitrogen and oxygen atoms in total. The molecule has 176 valence electrons. The molecule has 1 aromatic heterocycles. The van der Waals surface area contributed by atoms with Gasteiger partial charge in [-0.05, 0) is 42.7 Å². The van der Waals surface area contributed by atoms with Gasteiger partial charge in [-0.25, -0.2) is 14.2 Å². The van der Waals surface area contributed by atoms with Crippen LogP contribution in [0, 0.1) is 5.82 Å². The van der Waals surface area contributed by atoms with E-state index < -0.39 is 34.8 Å². The Morgan fingerprint density at radius 2 is 1.85 bits per heavy atom. The fraction of sp³-hybridized carbons (Fsp3) is 0.250. The van der Waals surface area contributed by atoms with E-state index in [2.05, 4.69) is 15.6 Å². The van der Waals surface area contributed by atoms with Gasteiger partial charge in [-0.2, -0.15) is 0 Å². The number of hydrogen-bond donors (Lipinski definition) is 3. The molecule has 3 amide bonds. The fourth-order valence-corrected chi connectivity index (χ4v) is 3.93. The first-order chi connectivity index (χ1) is 16.3. The lowest BCUT2D eigenvalue weighted by atomic mass is 10.2. The minimum absolute atomic E-state index is 0.0554. The number of urea groups is 1. The Bertz CT molecular complexity index is 1260. The SMILES string of the molecule is Cn1c(C2CCCN2C(=O)Nc2ccccc2)nc(C(=O)NCc2ccc(F)cc2)c(O)c1=O. The highest BCUT2D eigenvalue weighted by Gasteiger charge is 2.34. The average Bonchev–Trinajstić information content (AvgIpc) is 3.33. The molecule has 2 heterocycles. The van der Waals surface area contributed by atoms with Crippen molar-refractivity contribution in [1.29, 1.82) is 0 Å². The van der Waals surface area contributed by atoms with Crippen LogP contribution in [0.3, 0.4) is 0 Å². The third-order valence-electron chi connectivity index (χ3n) is 5.72. The highest BCUT2D eigenvalue weighted by atomic mass is 19.1. The van der Waals surface area contributed by atoms with Crippen molar-refractivity contribution in [3.05, 3.63) is 87.9 Å². The van der Waals surface area contributed by atoms with Crippen molar-refractivity contribution in [2.45, 2.75) is 25.4 Å². The van der Waals surface area contributed by atoms with Crippen molar-refractivity contribution in [1.82, 2.24) is 19.8 Å². The van der Waals surface area contributed by atoms with Gasteiger partial charge in [0.2, 0.25) is 5.75 Å². The largest absolute Gasteiger partial charge is 0.501 e. The van der Waals surface area contributed by atoms with Crippen molar-refractivity contribution in [2.75, 3.05) is 11.9 Å². The fourth-order valence-electron chi connectivity index (χ4n) is 3.93. The predicted octanol–water partition coefficient (Wildman–Crippen LogP) is 2.92. The standard InChI is InChI=1S/C24H24FN5O4/c1-29-21(18-8-5-13-30(18)24(34)27-17-6-3-2-4-7-17)28-19(20(31)23(29)33)22(32)26-14-15-9-11-16(25)12-10-15/h2-4,6-7,9-12,18,31H,5,8,13-14H2,1H3,(H,26,32)(H,27,34). The number of nitrogens with zero attached hydrogens (tertiary/aromatic N) is 3. The zero-order chi connectivity index (χ0) is 24.2. The lowest BCUT2D eigenvalue weighted by Gasteiger charge is -2.26. The van der Waals surface area contributed by atoms with Crippen LogP contribution in [0.4, 0.5) is 14.9 Å². The molecule has 34 heavy (non-hydrogen) atoms. The molecule has 0 spiro atoms. The van der Waals surface area contributed by atoms with E-state index in [4.69, 9.17) is 0 Å². The molecule has 10 heteroatoms. The second-order valence-corrected chi connectivity index (χ2v) is 7.99. The van der Waals surface area contributed by atoms with E-state index in [1.54, 1.807) is 29.2 Å². The van der Waals surface area contributed by atoms with E-state index in [1.165, 1.54) is 31.3 Å². The maximum Gasteiger partial charge on any atom is 0.322 e. The summed E-state index contributed by atoms with van der Waals surface area (Å²) in [6.07, 6.45) is 1.24. The topological polar surface area (TPSA) is 117 Å². The highest BCUT2D eigenvalue weighted by molar-refractivity contribution is 5.94. The van der Waals surface area contributed by atoms with Crippen LogP contribution in [0.1, 0.15) is 40.8 Å². The molecule has 1 aliphatic heterocycles. The molecule has 3 N–H and O–H groups in total. The number of nitrogens with one attached hydrogen (secondary N) is 2. The molecule has 0 bridgehead atoms. The normalized spacial score (nSPS) is 15.2. The monoisotopic (exact) mass is 465 g/mol. The molecule has 1 unspecified atom stereocenters. The Labute approximate surface area is 194 Å². The minimum atomic E-state index is -0.785. The Morgan fingerprint density at radius 3 is 2.56 bits per heavy atom. The molecule has 1 atom stereocenters. The number of hydrogen-bond acceptors (Lipinski definition) is 5. The average molecular weight is 465 g/mol. The van der Waals surface area contributed by atoms with Crippen LogP contribution in [0.5, 0.6) is 5.75 Å². The quantitative estimate of drug-likeness (QED) is 0.536. The van der Waals surface area contributed by atoms with Gasteiger partial charge in [0.25, 0.3) is 11.5 Å². The first-order valence-corrected chi connectivity index (χ1v) is 10.8. The number of rotatable bonds is 5. The predicted molar refractivity (Wildman–Crippen MR) is 123 cm³/mol. The number of anilines is 1. The highest BCUT2D eigenvalue weighted by Crippen LogP contribution is 2.31. The van der Waals surface area contributed by atoms with E-state index >= 15 is 0 Å². The van der Waals surface area contributed by atoms with E-state index in [9.17, 15) is 23.9 Å². The lowest BCUT2D eigenvalue weighted by Crippen LogP contribution is -2.38. The minimum Gasteiger partial charge on any atom is -0.501 e. The van der Waals surface area contributed by atoms with Gasteiger partial charge < -0.3 is 20.6 Å². The summed E-state index contributed by atoms with van der Waals surface area (Å²) >= 11 is 0. The van der Waals surface area contributed by atoms with Crippen molar-refractivity contribution < 1.29 is 19.1 Å². The molecule has 0 radical (unpaired) electrons. The Hall–Kier alpha value is -4.21. The van der Waals surface area contributed by atoms with E-state index in [1.807, 2.05) is 6.07 Å². The molecular weight excluding hydrogens is 441 g/mol. The third kappa shape index (κ3) is 4.75. The van der Waals surface area contributed by atoms with Crippen LogP contribution in [0.2, 0.25) is 0 Å². The number of halogens is 1. The molecule has 1 saturated heterocycles. The van der Waals surface area contributed by atoms with Gasteiger partial charge >= 0.3 is 6.03 Å². The summed E-state index contributed by atoms with van der Waals surface area (Å²) in [5, 5.41) is 15.7. The maximum atomic E-state index is 13.1. The van der Waals surface area contributed by atoms with Gasteiger partial charge in [-0.1, -0.05) is 30.3 Å². The Morgan fingerprint density at radius 1 is 1.15 bits per heavy atom. The molecule has 0 saturated carbocycles. The Balaban J connectivity index is 1.57. The third-order valence-corrected chi connectivity index (χ3v) is 5.72. The molecule has 3 aromatic rings. The van der Waals surface area contributed by atoms with Crippen molar-refractivity contribution >= 4 is 17.6 Å². The van der Waals surface area contributed by atoms with Crippen molar-refractivity contribution in [3.63, 3.8) is 0 Å². The van der Waals surface area contributed by atoms with Crippen LogP contribution in [0.25, 0.3) is 0 Å². The van der Waals surface area contributed by atoms with Gasteiger partial charge in [0, 0.05) is 25.8 Å². The summed E-state index contributed by atoms with van der Waals surface area (Å²) in [4.78, 5) is 44.2. The second-order valence-electron chi connectivity index (χ2n) is 7.99. The van der Waals surface area contributed by atoms with Crippen molar-refractivity contribution in [3.8, 4) is 5.75 Å². The smallest absolute Gasteiger partial charge is 0.322 e. The maximum absolute atomic E-state index is 13.1. The van der Waals surface area contributed by atoms with Crippen LogP contribution >= 0.6 is 0 Å². The zero-order valence-corrected chi connectivity index (χ0v) is 18.5. The molecule has 0 aliphatic carbocycles. The van der Waals surface area contributed by atoms with Crippen LogP contribution in [0.15, 0.2) is 59.4 Å². The van der Waals surface area contributed by atoms with E-state index in [0.29, 0.717) is 30.6 Å². The van der Waals surface area contributed by atoms with Crippen LogP contribution < -0.4 is 16.2 Å². The number of amides is 3. The zero-order valence-electron chi connectivity index (χ0n) is 18.5. The summed E-state index contributed by atoms with van der Waals surface area (Å²) in [5.74, 6) is -1.72. The molecular formula is C24H24FN5O4. The number of aromatic nitrogens is 2. The van der Waals surface area contributed by atoms with Gasteiger partial charge in [0.05, 0.1) is 6.04 Å². The van der Waals surface area contributed by atoms with E-state index in [-0.39, 0.29) is 18.4 Å².